The summed E-state index contributed by atoms with van der Waals surface area (Å²) < 4.78 is 4.98. The monoisotopic (exact) mass is 358 g/mol. The number of phenolic OH excluding ortho intramolecular Hbond substituents is 1. The third-order valence-corrected chi connectivity index (χ3v) is 4.42. The van der Waals surface area contributed by atoms with Gasteiger partial charge in [-0.25, -0.2) is 9.78 Å². The second-order valence-electron chi connectivity index (χ2n) is 5.96. The Hall–Kier alpha value is -2.53. The molecule has 2 N–H and O–H groups in total. The number of esters is 1. The normalized spacial score (nSPS) is 12.3. The van der Waals surface area contributed by atoms with E-state index in [9.17, 15) is 9.90 Å². The maximum absolute atomic E-state index is 11.8. The molecule has 3 aromatic rings. The number of aromatic hydroxyl groups is 1. The number of nitrogens with one attached hydrogen (secondary N) is 1. The van der Waals surface area contributed by atoms with Gasteiger partial charge in [-0.15, -0.1) is 0 Å². The van der Waals surface area contributed by atoms with Crippen LogP contribution in [0.4, 0.5) is 0 Å². The third kappa shape index (κ3) is 3.61. The summed E-state index contributed by atoms with van der Waals surface area (Å²) in [5.74, 6) is -0.0652. The molecule has 1 atom stereocenters. The molecule has 2 aromatic heterocycles. The SMILES string of the molecule is CCOC(=O)c1cc2[nH]cc(C(C)Cc3cc(Cl)ccc3O)c2cn1. The first-order valence-corrected chi connectivity index (χ1v) is 8.49. The van der Waals surface area contributed by atoms with Crippen molar-refractivity contribution in [3.63, 3.8) is 0 Å². The maximum atomic E-state index is 11.8. The summed E-state index contributed by atoms with van der Waals surface area (Å²) in [6.07, 6.45) is 4.23. The first kappa shape index (κ1) is 17.3. The molecule has 0 radical (unpaired) electrons. The van der Waals surface area contributed by atoms with Gasteiger partial charge in [-0.3, -0.25) is 0 Å². The predicted molar refractivity (Wildman–Crippen MR) is 97.3 cm³/mol. The molecule has 1 aromatic carbocycles. The van der Waals surface area contributed by atoms with Crippen molar-refractivity contribution in [2.45, 2.75) is 26.2 Å². The van der Waals surface area contributed by atoms with Gasteiger partial charge in [-0.2, -0.15) is 0 Å². The van der Waals surface area contributed by atoms with E-state index in [4.69, 9.17) is 16.3 Å². The molecule has 2 heterocycles. The molecule has 6 heteroatoms. The molecule has 5 nitrogen and oxygen atoms in total. The second-order valence-corrected chi connectivity index (χ2v) is 6.39. The number of phenols is 1. The molecule has 3 rings (SSSR count). The number of carbonyl (C=O) groups excluding carboxylic acids is 1. The Morgan fingerprint density at radius 3 is 2.96 bits per heavy atom. The van der Waals surface area contributed by atoms with E-state index in [-0.39, 0.29) is 17.4 Å². The summed E-state index contributed by atoms with van der Waals surface area (Å²) in [5.41, 5.74) is 2.97. The van der Waals surface area contributed by atoms with Gasteiger partial charge in [0.25, 0.3) is 0 Å². The molecule has 130 valence electrons. The number of nitrogens with zero attached hydrogens (tertiary/aromatic N) is 1. The number of ether oxygens (including phenoxy) is 1. The highest BCUT2D eigenvalue weighted by molar-refractivity contribution is 6.30. The van der Waals surface area contributed by atoms with Crippen LogP contribution in [0.1, 0.15) is 41.4 Å². The Labute approximate surface area is 150 Å². The topological polar surface area (TPSA) is 75.2 Å². The third-order valence-electron chi connectivity index (χ3n) is 4.18. The molecule has 0 spiro atoms. The van der Waals surface area contributed by atoms with E-state index in [1.807, 2.05) is 6.20 Å². The standard InChI is InChI=1S/C19H19ClN2O3/c1-3-25-19(24)17-8-16-15(10-22-17)14(9-21-16)11(2)6-12-7-13(20)4-5-18(12)23/h4-5,7-11,21,23H,3,6H2,1-2H3. The van der Waals surface area contributed by atoms with Crippen LogP contribution in [0.25, 0.3) is 10.9 Å². The van der Waals surface area contributed by atoms with Gasteiger partial charge in [0.2, 0.25) is 0 Å². The molecule has 25 heavy (non-hydrogen) atoms. The number of rotatable bonds is 5. The molecule has 0 saturated carbocycles. The lowest BCUT2D eigenvalue weighted by Gasteiger charge is -2.12. The number of halogens is 1. The van der Waals surface area contributed by atoms with E-state index in [0.29, 0.717) is 18.1 Å². The largest absolute Gasteiger partial charge is 0.508 e. The van der Waals surface area contributed by atoms with Crippen molar-refractivity contribution in [2.75, 3.05) is 6.61 Å². The van der Waals surface area contributed by atoms with Crippen LogP contribution in [0.15, 0.2) is 36.7 Å². The summed E-state index contributed by atoms with van der Waals surface area (Å²) >= 11 is 6.02. The lowest BCUT2D eigenvalue weighted by molar-refractivity contribution is 0.0519. The highest BCUT2D eigenvalue weighted by atomic mass is 35.5. The summed E-state index contributed by atoms with van der Waals surface area (Å²) in [7, 11) is 0. The van der Waals surface area contributed by atoms with Crippen LogP contribution in [0.2, 0.25) is 5.02 Å². The van der Waals surface area contributed by atoms with Crippen molar-refractivity contribution in [2.24, 2.45) is 0 Å². The number of hydrogen-bond acceptors (Lipinski definition) is 4. The zero-order valence-corrected chi connectivity index (χ0v) is 14.8. The Bertz CT molecular complexity index is 920. The summed E-state index contributed by atoms with van der Waals surface area (Å²) in [4.78, 5) is 19.2. The van der Waals surface area contributed by atoms with E-state index >= 15 is 0 Å². The van der Waals surface area contributed by atoms with Gasteiger partial charge in [0.05, 0.1) is 6.61 Å². The molecular weight excluding hydrogens is 340 g/mol. The average molecular weight is 359 g/mol. The van der Waals surface area contributed by atoms with E-state index in [0.717, 1.165) is 22.0 Å². The Kier molecular flexibility index (Phi) is 4.95. The van der Waals surface area contributed by atoms with Gasteiger partial charge in [0, 0.05) is 28.3 Å². The van der Waals surface area contributed by atoms with Crippen LogP contribution in [0.5, 0.6) is 5.75 Å². The first-order valence-electron chi connectivity index (χ1n) is 8.11. The number of aromatic amines is 1. The van der Waals surface area contributed by atoms with Gasteiger partial charge in [0.15, 0.2) is 0 Å². The van der Waals surface area contributed by atoms with Crippen LogP contribution in [-0.4, -0.2) is 27.7 Å². The summed E-state index contributed by atoms with van der Waals surface area (Å²) in [6, 6.07) is 6.74. The minimum absolute atomic E-state index is 0.133. The predicted octanol–water partition coefficient (Wildman–Crippen LogP) is 4.44. The maximum Gasteiger partial charge on any atom is 0.356 e. The van der Waals surface area contributed by atoms with Crippen molar-refractivity contribution in [3.05, 3.63) is 58.5 Å². The van der Waals surface area contributed by atoms with Gasteiger partial charge in [-0.1, -0.05) is 18.5 Å². The number of fused-ring (bicyclic) bond motifs is 1. The van der Waals surface area contributed by atoms with E-state index in [1.54, 1.807) is 37.4 Å². The molecule has 0 amide bonds. The van der Waals surface area contributed by atoms with Crippen molar-refractivity contribution in [3.8, 4) is 5.75 Å². The second kappa shape index (κ2) is 7.15. The fourth-order valence-corrected chi connectivity index (χ4v) is 3.11. The Balaban J connectivity index is 1.88. The van der Waals surface area contributed by atoms with Crippen molar-refractivity contribution < 1.29 is 14.6 Å². The Morgan fingerprint density at radius 1 is 1.40 bits per heavy atom. The van der Waals surface area contributed by atoms with Crippen LogP contribution < -0.4 is 0 Å². The molecule has 0 aliphatic carbocycles. The highest BCUT2D eigenvalue weighted by Crippen LogP contribution is 2.31. The number of benzene rings is 1. The number of H-pyrrole nitrogens is 1. The minimum atomic E-state index is -0.433. The molecule has 0 aliphatic heterocycles. The van der Waals surface area contributed by atoms with Gasteiger partial charge >= 0.3 is 5.97 Å². The van der Waals surface area contributed by atoms with Crippen molar-refractivity contribution in [1.29, 1.82) is 0 Å². The number of hydrogen-bond donors (Lipinski definition) is 2. The van der Waals surface area contributed by atoms with Crippen LogP contribution in [0, 0.1) is 0 Å². The number of aromatic nitrogens is 2. The molecule has 0 bridgehead atoms. The van der Waals surface area contributed by atoms with E-state index in [1.165, 1.54) is 0 Å². The van der Waals surface area contributed by atoms with Crippen LogP contribution in [0.3, 0.4) is 0 Å². The van der Waals surface area contributed by atoms with E-state index < -0.39 is 5.97 Å². The fourth-order valence-electron chi connectivity index (χ4n) is 2.92. The molecule has 0 aliphatic rings. The van der Waals surface area contributed by atoms with Gasteiger partial charge in [-0.05, 0) is 54.7 Å². The first-order chi connectivity index (χ1) is 12.0. The van der Waals surface area contributed by atoms with Gasteiger partial charge in [0.1, 0.15) is 11.4 Å². The molecule has 0 saturated heterocycles. The zero-order chi connectivity index (χ0) is 18.0. The number of pyridine rings is 1. The fraction of sp³-hybridized carbons (Fsp3) is 0.263. The highest BCUT2D eigenvalue weighted by Gasteiger charge is 2.16. The molecular formula is C19H19ClN2O3. The quantitative estimate of drug-likeness (QED) is 0.661. The smallest absolute Gasteiger partial charge is 0.356 e. The Morgan fingerprint density at radius 2 is 2.20 bits per heavy atom. The number of carbonyl (C=O) groups is 1. The lowest BCUT2D eigenvalue weighted by atomic mass is 9.93. The van der Waals surface area contributed by atoms with Crippen molar-refractivity contribution in [1.82, 2.24) is 9.97 Å². The van der Waals surface area contributed by atoms with Crippen LogP contribution >= 0.6 is 11.6 Å². The summed E-state index contributed by atoms with van der Waals surface area (Å²) in [5, 5.41) is 11.6. The summed E-state index contributed by atoms with van der Waals surface area (Å²) in [6.45, 7) is 4.15. The zero-order valence-electron chi connectivity index (χ0n) is 14.0. The average Bonchev–Trinajstić information content (AvgIpc) is 3.01. The molecule has 1 unspecified atom stereocenters. The lowest BCUT2D eigenvalue weighted by Crippen LogP contribution is -2.06. The molecule has 0 fully saturated rings. The van der Waals surface area contributed by atoms with Crippen LogP contribution in [-0.2, 0) is 11.2 Å². The minimum Gasteiger partial charge on any atom is -0.508 e. The van der Waals surface area contributed by atoms with Crippen molar-refractivity contribution >= 4 is 28.5 Å². The van der Waals surface area contributed by atoms with Gasteiger partial charge < -0.3 is 14.8 Å². The van der Waals surface area contributed by atoms with E-state index in [2.05, 4.69) is 16.9 Å².